The molecule has 1 aliphatic heterocycles. The van der Waals surface area contributed by atoms with Crippen LogP contribution in [0, 0.1) is 5.92 Å². The average Bonchev–Trinajstić information content (AvgIpc) is 2.73. The average molecular weight is 451 g/mol. The van der Waals surface area contributed by atoms with Crippen molar-refractivity contribution in [1.29, 1.82) is 0 Å². The minimum absolute atomic E-state index is 0.0108. The van der Waals surface area contributed by atoms with Crippen LogP contribution in [0.4, 0.5) is 5.69 Å². The molecule has 1 aromatic carbocycles. The van der Waals surface area contributed by atoms with E-state index in [-0.39, 0.29) is 28.7 Å². The first kappa shape index (κ1) is 23.7. The molecule has 1 heterocycles. The Morgan fingerprint density at radius 2 is 1.55 bits per heavy atom. The fourth-order valence-corrected chi connectivity index (χ4v) is 5.69. The van der Waals surface area contributed by atoms with Crippen LogP contribution in [-0.4, -0.2) is 68.3 Å². The highest BCUT2D eigenvalue weighted by molar-refractivity contribution is 7.89. The van der Waals surface area contributed by atoms with E-state index in [1.54, 1.807) is 12.1 Å². The minimum Gasteiger partial charge on any atom is -0.340 e. The lowest BCUT2D eigenvalue weighted by atomic mass is 9.85. The lowest BCUT2D eigenvalue weighted by Crippen LogP contribution is -2.52. The molecular formula is C22H34N4O4S. The Balaban J connectivity index is 1.49. The van der Waals surface area contributed by atoms with Gasteiger partial charge in [0.1, 0.15) is 0 Å². The maximum absolute atomic E-state index is 12.9. The summed E-state index contributed by atoms with van der Waals surface area (Å²) in [7, 11) is -3.64. The summed E-state index contributed by atoms with van der Waals surface area (Å²) in [5, 5.41) is 2.62. The second kappa shape index (κ2) is 10.1. The van der Waals surface area contributed by atoms with E-state index in [0.29, 0.717) is 37.4 Å². The number of hydrogen-bond donors (Lipinski definition) is 2. The first-order chi connectivity index (χ1) is 14.7. The van der Waals surface area contributed by atoms with Gasteiger partial charge in [0.05, 0.1) is 4.90 Å². The Morgan fingerprint density at radius 1 is 0.968 bits per heavy atom. The Hall–Kier alpha value is -1.97. The van der Waals surface area contributed by atoms with E-state index >= 15 is 0 Å². The number of nitrogens with one attached hydrogen (secondary N) is 2. The zero-order valence-electron chi connectivity index (χ0n) is 18.6. The van der Waals surface area contributed by atoms with E-state index in [0.717, 1.165) is 26.2 Å². The van der Waals surface area contributed by atoms with Gasteiger partial charge in [-0.25, -0.2) is 13.1 Å². The second-order valence-corrected chi connectivity index (χ2v) is 10.5. The number of anilines is 1. The van der Waals surface area contributed by atoms with Gasteiger partial charge < -0.3 is 10.2 Å². The maximum atomic E-state index is 12.9. The third kappa shape index (κ3) is 6.27. The van der Waals surface area contributed by atoms with Gasteiger partial charge in [-0.2, -0.15) is 0 Å². The second-order valence-electron chi connectivity index (χ2n) is 8.83. The molecule has 2 fully saturated rings. The molecule has 31 heavy (non-hydrogen) atoms. The number of piperazine rings is 1. The van der Waals surface area contributed by atoms with Gasteiger partial charge in [-0.15, -0.1) is 0 Å². The monoisotopic (exact) mass is 450 g/mol. The van der Waals surface area contributed by atoms with Gasteiger partial charge >= 0.3 is 0 Å². The molecule has 0 aromatic heterocycles. The molecule has 1 aromatic rings. The number of carbonyl (C=O) groups excluding carboxylic acids is 2. The van der Waals surface area contributed by atoms with E-state index in [1.807, 2.05) is 4.90 Å². The van der Waals surface area contributed by atoms with Crippen LogP contribution in [0.5, 0.6) is 0 Å². The van der Waals surface area contributed by atoms with Gasteiger partial charge in [0.15, 0.2) is 0 Å². The van der Waals surface area contributed by atoms with Gasteiger partial charge in [0.2, 0.25) is 21.8 Å². The number of amides is 2. The number of sulfonamides is 1. The molecule has 2 aliphatic rings. The Bertz CT molecular complexity index is 869. The number of nitrogens with zero attached hydrogens (tertiary/aromatic N) is 2. The molecule has 0 atom stereocenters. The number of rotatable bonds is 6. The molecule has 2 N–H and O–H groups in total. The van der Waals surface area contributed by atoms with E-state index in [4.69, 9.17) is 0 Å². The molecule has 1 aliphatic carbocycles. The predicted molar refractivity (Wildman–Crippen MR) is 120 cm³/mol. The molecule has 1 saturated heterocycles. The maximum Gasteiger partial charge on any atom is 0.240 e. The van der Waals surface area contributed by atoms with Crippen LogP contribution in [0.15, 0.2) is 29.2 Å². The van der Waals surface area contributed by atoms with Crippen LogP contribution in [0.1, 0.15) is 46.5 Å². The summed E-state index contributed by atoms with van der Waals surface area (Å²) < 4.78 is 28.2. The zero-order valence-corrected chi connectivity index (χ0v) is 19.5. The van der Waals surface area contributed by atoms with Crippen molar-refractivity contribution in [1.82, 2.24) is 14.5 Å². The van der Waals surface area contributed by atoms with Crippen LogP contribution in [-0.2, 0) is 19.6 Å². The Morgan fingerprint density at radius 3 is 2.06 bits per heavy atom. The SMILES string of the molecule is CC(=O)Nc1ccc(S(=O)(=O)NC2CCC(C(=O)N3CCN(C(C)C)CC3)CC2)cc1. The van der Waals surface area contributed by atoms with E-state index < -0.39 is 10.0 Å². The first-order valence-corrected chi connectivity index (χ1v) is 12.6. The van der Waals surface area contributed by atoms with Crippen LogP contribution < -0.4 is 10.0 Å². The van der Waals surface area contributed by atoms with Gasteiger partial charge in [-0.05, 0) is 63.8 Å². The normalized spacial score (nSPS) is 23.0. The summed E-state index contributed by atoms with van der Waals surface area (Å²) in [6.07, 6.45) is 2.73. The van der Waals surface area contributed by atoms with Gasteiger partial charge in [0.25, 0.3) is 0 Å². The van der Waals surface area contributed by atoms with Crippen molar-refractivity contribution in [3.63, 3.8) is 0 Å². The smallest absolute Gasteiger partial charge is 0.240 e. The summed E-state index contributed by atoms with van der Waals surface area (Å²) >= 11 is 0. The topological polar surface area (TPSA) is 98.8 Å². The third-order valence-electron chi connectivity index (χ3n) is 6.24. The van der Waals surface area contributed by atoms with Crippen LogP contribution in [0.25, 0.3) is 0 Å². The van der Waals surface area contributed by atoms with Crippen molar-refractivity contribution in [3.8, 4) is 0 Å². The van der Waals surface area contributed by atoms with Crippen molar-refractivity contribution in [2.45, 2.75) is 63.4 Å². The molecule has 1 saturated carbocycles. The molecular weight excluding hydrogens is 416 g/mol. The van der Waals surface area contributed by atoms with Gasteiger partial charge in [-0.3, -0.25) is 14.5 Å². The summed E-state index contributed by atoms with van der Waals surface area (Å²) in [6, 6.07) is 6.46. The largest absolute Gasteiger partial charge is 0.340 e. The lowest BCUT2D eigenvalue weighted by molar-refractivity contribution is -0.138. The highest BCUT2D eigenvalue weighted by Crippen LogP contribution is 2.28. The standard InChI is InChI=1S/C22H34N4O4S/c1-16(2)25-12-14-26(15-13-25)22(28)18-4-6-20(7-5-18)24-31(29,30)21-10-8-19(9-11-21)23-17(3)27/h8-11,16,18,20,24H,4-7,12-15H2,1-3H3,(H,23,27). The van der Waals surface area contributed by atoms with E-state index in [2.05, 4.69) is 28.8 Å². The van der Waals surface area contributed by atoms with Gasteiger partial charge in [0, 0.05) is 56.8 Å². The van der Waals surface area contributed by atoms with Crippen molar-refractivity contribution in [2.24, 2.45) is 5.92 Å². The van der Waals surface area contributed by atoms with E-state index in [9.17, 15) is 18.0 Å². The quantitative estimate of drug-likeness (QED) is 0.691. The van der Waals surface area contributed by atoms with Crippen LogP contribution in [0.2, 0.25) is 0 Å². The first-order valence-electron chi connectivity index (χ1n) is 11.1. The molecule has 172 valence electrons. The summed E-state index contributed by atoms with van der Waals surface area (Å²) in [6.45, 7) is 9.14. The van der Waals surface area contributed by atoms with E-state index in [1.165, 1.54) is 19.1 Å². The highest BCUT2D eigenvalue weighted by Gasteiger charge is 2.32. The number of benzene rings is 1. The molecule has 2 amide bonds. The molecule has 9 heteroatoms. The molecule has 0 bridgehead atoms. The van der Waals surface area contributed by atoms with Crippen LogP contribution in [0.3, 0.4) is 0 Å². The van der Waals surface area contributed by atoms with Crippen molar-refractivity contribution in [3.05, 3.63) is 24.3 Å². The zero-order chi connectivity index (χ0) is 22.6. The Labute approximate surface area is 185 Å². The van der Waals surface area contributed by atoms with Gasteiger partial charge in [-0.1, -0.05) is 0 Å². The Kier molecular flexibility index (Phi) is 7.72. The van der Waals surface area contributed by atoms with Crippen molar-refractivity contribution < 1.29 is 18.0 Å². The summed E-state index contributed by atoms with van der Waals surface area (Å²) in [5.41, 5.74) is 0.555. The van der Waals surface area contributed by atoms with Crippen molar-refractivity contribution in [2.75, 3.05) is 31.5 Å². The van der Waals surface area contributed by atoms with Crippen LogP contribution >= 0.6 is 0 Å². The molecule has 0 spiro atoms. The lowest BCUT2D eigenvalue weighted by Gasteiger charge is -2.39. The molecule has 3 rings (SSSR count). The summed E-state index contributed by atoms with van der Waals surface area (Å²) in [5.74, 6) is 0.00315. The van der Waals surface area contributed by atoms with Crippen molar-refractivity contribution >= 4 is 27.5 Å². The minimum atomic E-state index is -3.64. The summed E-state index contributed by atoms with van der Waals surface area (Å²) in [4.78, 5) is 28.5. The fourth-order valence-electron chi connectivity index (χ4n) is 4.38. The highest BCUT2D eigenvalue weighted by atomic mass is 32.2. The number of carbonyl (C=O) groups is 2. The molecule has 8 nitrogen and oxygen atoms in total. The predicted octanol–water partition coefficient (Wildman–Crippen LogP) is 2.03. The fraction of sp³-hybridized carbons (Fsp3) is 0.636. The third-order valence-corrected chi connectivity index (χ3v) is 7.78. The number of hydrogen-bond acceptors (Lipinski definition) is 5. The molecule has 0 unspecified atom stereocenters. The molecule has 0 radical (unpaired) electrons.